The lowest BCUT2D eigenvalue weighted by atomic mass is 10.1. The molecule has 1 aliphatic rings. The summed E-state index contributed by atoms with van der Waals surface area (Å²) in [6.45, 7) is 5.64. The second-order valence-electron chi connectivity index (χ2n) is 8.35. The average molecular weight is 522 g/mol. The van der Waals surface area contributed by atoms with E-state index in [1.807, 2.05) is 49.4 Å². The summed E-state index contributed by atoms with van der Waals surface area (Å²) >= 11 is 7.80. The molecule has 1 fully saturated rings. The van der Waals surface area contributed by atoms with Crippen LogP contribution in [0.5, 0.6) is 0 Å². The highest BCUT2D eigenvalue weighted by Gasteiger charge is 2.18. The van der Waals surface area contributed by atoms with Gasteiger partial charge in [0.05, 0.1) is 10.6 Å². The van der Waals surface area contributed by atoms with Crippen LogP contribution in [-0.4, -0.2) is 34.8 Å². The number of nitrogens with one attached hydrogen (secondary N) is 1. The molecule has 2 aromatic carbocycles. The number of rotatable bonds is 8. The van der Waals surface area contributed by atoms with Gasteiger partial charge in [0.2, 0.25) is 0 Å². The van der Waals surface area contributed by atoms with Gasteiger partial charge in [0.25, 0.3) is 5.91 Å². The van der Waals surface area contributed by atoms with Gasteiger partial charge >= 0.3 is 0 Å². The highest BCUT2D eigenvalue weighted by atomic mass is 35.5. The molecular weight excluding hydrogens is 494 g/mol. The standard InChI is InChI=1S/C26H28ClN7OS/c1-3-17-6-4-7-20(24(17)27)25(35)30-18-8-10-19(11-9-18)36-26-32-22(31-21(29)14-16(2)28)15-23(33-26)34-12-5-13-34/h4,6-11,14-15H,3,5,12-13,28H2,1-2H3,(H,30,35)(H2,29,31,32,33)/b16-14-. The number of allylic oxidation sites excluding steroid dienone is 1. The quantitative estimate of drug-likeness (QED) is 0.212. The van der Waals surface area contributed by atoms with Gasteiger partial charge in [-0.05, 0) is 73.5 Å². The summed E-state index contributed by atoms with van der Waals surface area (Å²) in [7, 11) is 0. The molecule has 36 heavy (non-hydrogen) atoms. The Labute approximate surface area is 219 Å². The number of carbonyl (C=O) groups is 1. The van der Waals surface area contributed by atoms with Crippen molar-refractivity contribution in [2.24, 2.45) is 16.5 Å². The van der Waals surface area contributed by atoms with Gasteiger partial charge < -0.3 is 21.7 Å². The molecule has 1 saturated heterocycles. The molecule has 1 aromatic heterocycles. The molecule has 0 spiro atoms. The molecule has 10 heteroatoms. The number of hydrogen-bond donors (Lipinski definition) is 3. The third-order valence-electron chi connectivity index (χ3n) is 5.50. The number of amides is 1. The van der Waals surface area contributed by atoms with Crippen LogP contribution in [-0.2, 0) is 6.42 Å². The number of anilines is 2. The number of amidine groups is 1. The van der Waals surface area contributed by atoms with Crippen LogP contribution in [0.2, 0.25) is 5.02 Å². The van der Waals surface area contributed by atoms with Crippen LogP contribution in [0.25, 0.3) is 0 Å². The average Bonchev–Trinajstić information content (AvgIpc) is 2.78. The van der Waals surface area contributed by atoms with Gasteiger partial charge in [0, 0.05) is 35.4 Å². The summed E-state index contributed by atoms with van der Waals surface area (Å²) in [6.07, 6.45) is 3.48. The molecule has 1 amide bonds. The Morgan fingerprint density at radius 2 is 1.94 bits per heavy atom. The molecule has 2 heterocycles. The first kappa shape index (κ1) is 25.5. The highest BCUT2D eigenvalue weighted by Crippen LogP contribution is 2.31. The minimum Gasteiger partial charge on any atom is -0.402 e. The third kappa shape index (κ3) is 6.35. The Hall–Kier alpha value is -3.56. The van der Waals surface area contributed by atoms with E-state index in [1.165, 1.54) is 11.8 Å². The van der Waals surface area contributed by atoms with Gasteiger partial charge in [-0.1, -0.05) is 30.7 Å². The van der Waals surface area contributed by atoms with E-state index in [1.54, 1.807) is 19.1 Å². The SMILES string of the molecule is CCc1cccc(C(=O)Nc2ccc(Sc3nc(/N=C(N)/C=C(/C)N)cc(N4CCC4)n3)cc2)c1Cl. The highest BCUT2D eigenvalue weighted by molar-refractivity contribution is 7.99. The van der Waals surface area contributed by atoms with E-state index >= 15 is 0 Å². The van der Waals surface area contributed by atoms with Crippen molar-refractivity contribution in [2.75, 3.05) is 23.3 Å². The van der Waals surface area contributed by atoms with Gasteiger partial charge in [0.1, 0.15) is 11.7 Å². The van der Waals surface area contributed by atoms with Crippen LogP contribution in [0.4, 0.5) is 17.3 Å². The van der Waals surface area contributed by atoms with Crippen molar-refractivity contribution in [3.05, 3.63) is 76.5 Å². The Morgan fingerprint density at radius 1 is 1.19 bits per heavy atom. The molecule has 4 rings (SSSR count). The molecule has 0 saturated carbocycles. The maximum Gasteiger partial charge on any atom is 0.257 e. The Morgan fingerprint density at radius 3 is 2.58 bits per heavy atom. The number of aryl methyl sites for hydroxylation is 1. The zero-order valence-corrected chi connectivity index (χ0v) is 21.7. The Bertz CT molecular complexity index is 1320. The first-order valence-electron chi connectivity index (χ1n) is 11.6. The van der Waals surface area contributed by atoms with Crippen molar-refractivity contribution in [3.8, 4) is 0 Å². The minimum absolute atomic E-state index is 0.247. The van der Waals surface area contributed by atoms with E-state index in [9.17, 15) is 4.79 Å². The second kappa shape index (κ2) is 11.5. The fraction of sp³-hybridized carbons (Fsp3) is 0.231. The van der Waals surface area contributed by atoms with Crippen molar-refractivity contribution in [1.82, 2.24) is 9.97 Å². The summed E-state index contributed by atoms with van der Waals surface area (Å²) in [5.41, 5.74) is 14.3. The van der Waals surface area contributed by atoms with E-state index in [4.69, 9.17) is 28.1 Å². The Balaban J connectivity index is 1.51. The lowest BCUT2D eigenvalue weighted by molar-refractivity contribution is 0.102. The topological polar surface area (TPSA) is 123 Å². The van der Waals surface area contributed by atoms with Gasteiger partial charge in [-0.3, -0.25) is 4.79 Å². The van der Waals surface area contributed by atoms with Gasteiger partial charge in [-0.2, -0.15) is 0 Å². The molecule has 5 N–H and O–H groups in total. The summed E-state index contributed by atoms with van der Waals surface area (Å²) < 4.78 is 0. The number of nitrogens with two attached hydrogens (primary N) is 2. The fourth-order valence-corrected chi connectivity index (χ4v) is 4.65. The number of aromatic nitrogens is 2. The zero-order valence-electron chi connectivity index (χ0n) is 20.2. The molecule has 0 bridgehead atoms. The number of nitrogens with zero attached hydrogens (tertiary/aromatic N) is 4. The van der Waals surface area contributed by atoms with E-state index in [-0.39, 0.29) is 11.7 Å². The second-order valence-corrected chi connectivity index (χ2v) is 9.76. The molecule has 8 nitrogen and oxygen atoms in total. The molecule has 1 aliphatic heterocycles. The van der Waals surface area contributed by atoms with Gasteiger partial charge in [-0.25, -0.2) is 15.0 Å². The largest absolute Gasteiger partial charge is 0.402 e. The van der Waals surface area contributed by atoms with Gasteiger partial charge in [0.15, 0.2) is 11.0 Å². The summed E-state index contributed by atoms with van der Waals surface area (Å²) in [6, 6.07) is 14.8. The van der Waals surface area contributed by atoms with E-state index in [0.29, 0.717) is 32.9 Å². The first-order chi connectivity index (χ1) is 17.3. The number of benzene rings is 2. The number of carbonyl (C=O) groups excluding carboxylic acids is 1. The minimum atomic E-state index is -0.247. The van der Waals surface area contributed by atoms with E-state index in [2.05, 4.69) is 20.2 Å². The lowest BCUT2D eigenvalue weighted by Gasteiger charge is -2.32. The lowest BCUT2D eigenvalue weighted by Crippen LogP contribution is -2.37. The molecule has 0 unspecified atom stereocenters. The van der Waals surface area contributed by atoms with Crippen molar-refractivity contribution < 1.29 is 4.79 Å². The third-order valence-corrected chi connectivity index (χ3v) is 6.82. The van der Waals surface area contributed by atoms with Gasteiger partial charge in [-0.15, -0.1) is 0 Å². The predicted octanol–water partition coefficient (Wildman–Crippen LogP) is 5.16. The van der Waals surface area contributed by atoms with E-state index in [0.717, 1.165) is 42.2 Å². The van der Waals surface area contributed by atoms with Crippen LogP contribution < -0.4 is 21.7 Å². The number of hydrogen-bond acceptors (Lipinski definition) is 7. The molecule has 0 aliphatic carbocycles. The smallest absolute Gasteiger partial charge is 0.257 e. The molecule has 0 radical (unpaired) electrons. The van der Waals surface area contributed by atoms with Crippen LogP contribution in [0.1, 0.15) is 36.2 Å². The van der Waals surface area contributed by atoms with Crippen molar-refractivity contribution in [1.29, 1.82) is 0 Å². The maximum absolute atomic E-state index is 12.7. The van der Waals surface area contributed by atoms with Crippen LogP contribution in [0.15, 0.2) is 75.3 Å². The van der Waals surface area contributed by atoms with E-state index < -0.39 is 0 Å². The zero-order chi connectivity index (χ0) is 25.7. The summed E-state index contributed by atoms with van der Waals surface area (Å²) in [4.78, 5) is 29.5. The molecular formula is C26H28ClN7OS. The fourth-order valence-electron chi connectivity index (χ4n) is 3.55. The first-order valence-corrected chi connectivity index (χ1v) is 12.8. The normalized spacial score (nSPS) is 13.9. The van der Waals surface area contributed by atoms with Crippen molar-refractivity contribution >= 4 is 52.4 Å². The number of halogens is 1. The molecule has 186 valence electrons. The number of aliphatic imine (C=N–C) groups is 1. The van der Waals surface area contributed by atoms with Crippen LogP contribution in [0.3, 0.4) is 0 Å². The van der Waals surface area contributed by atoms with Crippen molar-refractivity contribution in [3.63, 3.8) is 0 Å². The van der Waals surface area contributed by atoms with Crippen LogP contribution >= 0.6 is 23.4 Å². The molecule has 3 aromatic rings. The Kier molecular flexibility index (Phi) is 8.12. The summed E-state index contributed by atoms with van der Waals surface area (Å²) in [5, 5.41) is 3.95. The van der Waals surface area contributed by atoms with Crippen LogP contribution in [0, 0.1) is 0 Å². The molecule has 0 atom stereocenters. The predicted molar refractivity (Wildman–Crippen MR) is 147 cm³/mol. The summed E-state index contributed by atoms with van der Waals surface area (Å²) in [5.74, 6) is 1.32. The monoisotopic (exact) mass is 521 g/mol. The maximum atomic E-state index is 12.7. The van der Waals surface area contributed by atoms with Crippen molar-refractivity contribution in [2.45, 2.75) is 36.7 Å².